The van der Waals surface area contributed by atoms with Crippen molar-refractivity contribution in [3.05, 3.63) is 23.0 Å². The van der Waals surface area contributed by atoms with Gasteiger partial charge in [-0.1, -0.05) is 36.1 Å². The van der Waals surface area contributed by atoms with Crippen LogP contribution in [-0.4, -0.2) is 45.3 Å². The Morgan fingerprint density at radius 2 is 2.11 bits per heavy atom. The fraction of sp³-hybridized carbons (Fsp3) is 0.579. The molecule has 0 saturated carbocycles. The average molecular weight is 422 g/mol. The van der Waals surface area contributed by atoms with Crippen LogP contribution in [0.4, 0.5) is 5.13 Å². The van der Waals surface area contributed by atoms with Crippen molar-refractivity contribution in [1.29, 1.82) is 0 Å². The minimum atomic E-state index is -0.115. The first-order chi connectivity index (χ1) is 13.5. The number of amides is 1. The number of aromatic nitrogens is 3. The molecule has 9 heteroatoms. The van der Waals surface area contributed by atoms with Crippen molar-refractivity contribution >= 4 is 44.5 Å². The van der Waals surface area contributed by atoms with Gasteiger partial charge < -0.3 is 10.2 Å². The quantitative estimate of drug-likeness (QED) is 0.401. The van der Waals surface area contributed by atoms with E-state index < -0.39 is 0 Å². The molecule has 28 heavy (non-hydrogen) atoms. The number of hydrogen-bond donors (Lipinski definition) is 1. The fourth-order valence-corrected chi connectivity index (χ4v) is 4.86. The third-order valence-corrected chi connectivity index (χ3v) is 6.83. The number of thiazole rings is 1. The third-order valence-electron chi connectivity index (χ3n) is 4.76. The highest BCUT2D eigenvalue weighted by atomic mass is 32.2. The van der Waals surface area contributed by atoms with Gasteiger partial charge in [-0.05, 0) is 32.6 Å². The molecule has 3 heterocycles. The van der Waals surface area contributed by atoms with Crippen LogP contribution in [0.5, 0.6) is 0 Å². The van der Waals surface area contributed by atoms with Crippen LogP contribution < -0.4 is 15.8 Å². The monoisotopic (exact) mass is 421 g/mol. The molecule has 0 aromatic carbocycles. The van der Waals surface area contributed by atoms with E-state index in [1.54, 1.807) is 10.6 Å². The minimum absolute atomic E-state index is 0.0638. The van der Waals surface area contributed by atoms with Crippen LogP contribution in [0, 0.1) is 0 Å². The Bertz CT molecular complexity index is 902. The Morgan fingerprint density at radius 1 is 1.36 bits per heavy atom. The summed E-state index contributed by atoms with van der Waals surface area (Å²) in [5, 5.41) is 4.30. The summed E-state index contributed by atoms with van der Waals surface area (Å²) in [6, 6.07) is 0.129. The lowest BCUT2D eigenvalue weighted by molar-refractivity contribution is -0.119. The first-order valence-electron chi connectivity index (χ1n) is 9.72. The standard InChI is InChI=1S/C19H27N5O2S2/c1-4-9-24-17(26)15-16(21-18(28-15)23-10-7-6-8-11-23)22-19(24)27-12-14(25)20-13(3)5-2/h4,13H,1,5-12H2,2-3H3,(H,20,25). The topological polar surface area (TPSA) is 80.1 Å². The van der Waals surface area contributed by atoms with Gasteiger partial charge in [-0.2, -0.15) is 4.98 Å². The molecule has 1 amide bonds. The number of anilines is 1. The molecule has 1 aliphatic heterocycles. The first-order valence-corrected chi connectivity index (χ1v) is 11.5. The Hall–Kier alpha value is -1.87. The summed E-state index contributed by atoms with van der Waals surface area (Å²) in [6.07, 6.45) is 6.09. The van der Waals surface area contributed by atoms with Gasteiger partial charge in [0.15, 0.2) is 15.9 Å². The van der Waals surface area contributed by atoms with Crippen LogP contribution in [0.2, 0.25) is 0 Å². The Balaban J connectivity index is 1.88. The highest BCUT2D eigenvalue weighted by Crippen LogP contribution is 2.29. The van der Waals surface area contributed by atoms with Gasteiger partial charge in [-0.25, -0.2) is 4.98 Å². The van der Waals surface area contributed by atoms with Crippen LogP contribution in [-0.2, 0) is 11.3 Å². The zero-order valence-electron chi connectivity index (χ0n) is 16.4. The predicted octanol–water partition coefficient (Wildman–Crippen LogP) is 3.04. The van der Waals surface area contributed by atoms with Gasteiger partial charge in [0.2, 0.25) is 5.91 Å². The van der Waals surface area contributed by atoms with E-state index in [2.05, 4.69) is 26.8 Å². The number of nitrogens with one attached hydrogen (secondary N) is 1. The van der Waals surface area contributed by atoms with Crippen LogP contribution in [0.1, 0.15) is 39.5 Å². The second kappa shape index (κ2) is 9.56. The number of allylic oxidation sites excluding steroid dienone is 1. The summed E-state index contributed by atoms with van der Waals surface area (Å²) < 4.78 is 2.14. The molecule has 2 aromatic heterocycles. The van der Waals surface area contributed by atoms with E-state index in [1.165, 1.54) is 29.5 Å². The van der Waals surface area contributed by atoms with Gasteiger partial charge in [0.05, 0.1) is 5.75 Å². The van der Waals surface area contributed by atoms with E-state index in [9.17, 15) is 9.59 Å². The summed E-state index contributed by atoms with van der Waals surface area (Å²) in [4.78, 5) is 36.6. The van der Waals surface area contributed by atoms with Crippen molar-refractivity contribution in [2.24, 2.45) is 0 Å². The molecule has 3 rings (SSSR count). The number of fused-ring (bicyclic) bond motifs is 1. The minimum Gasteiger partial charge on any atom is -0.353 e. The molecule has 2 aromatic rings. The maximum atomic E-state index is 13.0. The van der Waals surface area contributed by atoms with Gasteiger partial charge in [-0.3, -0.25) is 14.2 Å². The number of hydrogen-bond acceptors (Lipinski definition) is 7. The van der Waals surface area contributed by atoms with Gasteiger partial charge >= 0.3 is 0 Å². The zero-order chi connectivity index (χ0) is 20.1. The largest absolute Gasteiger partial charge is 0.353 e. The Labute approximate surface area is 173 Å². The molecule has 7 nitrogen and oxygen atoms in total. The molecule has 1 fully saturated rings. The van der Waals surface area contributed by atoms with Gasteiger partial charge in [0.25, 0.3) is 5.56 Å². The number of rotatable bonds is 8. The van der Waals surface area contributed by atoms with Crippen LogP contribution in [0.3, 0.4) is 0 Å². The summed E-state index contributed by atoms with van der Waals surface area (Å²) >= 11 is 2.68. The lowest BCUT2D eigenvalue weighted by atomic mass is 10.1. The molecule has 1 saturated heterocycles. The van der Waals surface area contributed by atoms with E-state index in [0.717, 1.165) is 37.5 Å². The third kappa shape index (κ3) is 4.75. The second-order valence-corrected chi connectivity index (χ2v) is 8.88. The number of carbonyl (C=O) groups excluding carboxylic acids is 1. The summed E-state index contributed by atoms with van der Waals surface area (Å²) in [7, 11) is 0. The number of nitrogens with zero attached hydrogens (tertiary/aromatic N) is 4. The molecule has 152 valence electrons. The molecule has 0 bridgehead atoms. The van der Waals surface area contributed by atoms with E-state index in [4.69, 9.17) is 0 Å². The number of piperidine rings is 1. The number of thioether (sulfide) groups is 1. The first kappa shape index (κ1) is 20.9. The normalized spacial score (nSPS) is 15.6. The van der Waals surface area contributed by atoms with Crippen LogP contribution >= 0.6 is 23.1 Å². The van der Waals surface area contributed by atoms with E-state index in [0.29, 0.717) is 22.0 Å². The second-order valence-electron chi connectivity index (χ2n) is 6.96. The Morgan fingerprint density at radius 3 is 2.79 bits per heavy atom. The van der Waals surface area contributed by atoms with Crippen molar-refractivity contribution in [3.63, 3.8) is 0 Å². The molecule has 1 atom stereocenters. The van der Waals surface area contributed by atoms with Crippen molar-refractivity contribution in [2.45, 2.75) is 57.3 Å². The highest BCUT2D eigenvalue weighted by molar-refractivity contribution is 7.99. The van der Waals surface area contributed by atoms with Crippen LogP contribution in [0.15, 0.2) is 22.6 Å². The molecule has 0 aliphatic carbocycles. The molecule has 0 spiro atoms. The molecule has 0 radical (unpaired) electrons. The lowest BCUT2D eigenvalue weighted by Gasteiger charge is -2.25. The zero-order valence-corrected chi connectivity index (χ0v) is 18.1. The highest BCUT2D eigenvalue weighted by Gasteiger charge is 2.20. The van der Waals surface area contributed by atoms with Crippen molar-refractivity contribution in [3.8, 4) is 0 Å². The molecular formula is C19H27N5O2S2. The van der Waals surface area contributed by atoms with E-state index >= 15 is 0 Å². The van der Waals surface area contributed by atoms with E-state index in [-0.39, 0.29) is 23.3 Å². The van der Waals surface area contributed by atoms with Crippen LogP contribution in [0.25, 0.3) is 10.3 Å². The predicted molar refractivity (Wildman–Crippen MR) is 117 cm³/mol. The van der Waals surface area contributed by atoms with Gasteiger partial charge in [0.1, 0.15) is 4.70 Å². The SMILES string of the molecule is C=CCn1c(SCC(=O)NC(C)CC)nc2nc(N3CCCCC3)sc2c1=O. The molecule has 1 unspecified atom stereocenters. The number of carbonyl (C=O) groups is 1. The summed E-state index contributed by atoms with van der Waals surface area (Å²) in [5.41, 5.74) is 0.358. The van der Waals surface area contributed by atoms with Gasteiger partial charge in [0, 0.05) is 25.7 Å². The molecular weight excluding hydrogens is 394 g/mol. The molecule has 1 N–H and O–H groups in total. The van der Waals surface area contributed by atoms with E-state index in [1.807, 2.05) is 13.8 Å². The summed E-state index contributed by atoms with van der Waals surface area (Å²) in [6.45, 7) is 10.0. The smallest absolute Gasteiger partial charge is 0.274 e. The Kier molecular flexibility index (Phi) is 7.12. The summed E-state index contributed by atoms with van der Waals surface area (Å²) in [5.74, 6) is 0.147. The van der Waals surface area contributed by atoms with Crippen molar-refractivity contribution in [2.75, 3.05) is 23.7 Å². The van der Waals surface area contributed by atoms with Crippen molar-refractivity contribution < 1.29 is 4.79 Å². The van der Waals surface area contributed by atoms with Gasteiger partial charge in [-0.15, -0.1) is 6.58 Å². The maximum Gasteiger partial charge on any atom is 0.274 e. The maximum absolute atomic E-state index is 13.0. The fourth-order valence-electron chi connectivity index (χ4n) is 3.05. The lowest BCUT2D eigenvalue weighted by Crippen LogP contribution is -2.33. The average Bonchev–Trinajstić information content (AvgIpc) is 3.14. The van der Waals surface area contributed by atoms with Crippen molar-refractivity contribution in [1.82, 2.24) is 19.9 Å². The molecule has 1 aliphatic rings.